The number of hydrogen-bond acceptors (Lipinski definition) is 4. The maximum Gasteiger partial charge on any atom is 0.162 e. The van der Waals surface area contributed by atoms with Crippen molar-refractivity contribution >= 4 is 11.4 Å². The second-order valence-electron chi connectivity index (χ2n) is 5.18. The normalized spacial score (nSPS) is 20.8. The van der Waals surface area contributed by atoms with Crippen molar-refractivity contribution in [3.05, 3.63) is 12.1 Å². The largest absolute Gasteiger partial charge is 0.493 e. The van der Waals surface area contributed by atoms with Gasteiger partial charge in [0.15, 0.2) is 11.5 Å². The molecule has 1 aliphatic carbocycles. The summed E-state index contributed by atoms with van der Waals surface area (Å²) in [5.74, 6) is 1.35. The summed E-state index contributed by atoms with van der Waals surface area (Å²) in [5.41, 5.74) is 7.95. The number of hydrogen-bond donors (Lipinski definition) is 2. The van der Waals surface area contributed by atoms with Crippen molar-refractivity contribution in [2.45, 2.75) is 26.3 Å². The van der Waals surface area contributed by atoms with E-state index in [2.05, 4.69) is 19.2 Å². The molecule has 2 rings (SSSR count). The molecule has 1 fully saturated rings. The topological polar surface area (TPSA) is 56.5 Å². The van der Waals surface area contributed by atoms with Gasteiger partial charge in [0, 0.05) is 18.2 Å². The Morgan fingerprint density at radius 1 is 1.24 bits per heavy atom. The Kier molecular flexibility index (Phi) is 2.81. The number of rotatable bonds is 4. The number of anilines is 2. The van der Waals surface area contributed by atoms with Gasteiger partial charge in [0.25, 0.3) is 0 Å². The molecule has 0 bridgehead atoms. The molecule has 1 aromatic carbocycles. The molecular formula is C13H20N2O2. The minimum atomic E-state index is 0.361. The number of ether oxygens (including phenoxy) is 2. The van der Waals surface area contributed by atoms with Crippen molar-refractivity contribution in [1.29, 1.82) is 0 Å². The number of methoxy groups -OCH3 is 2. The van der Waals surface area contributed by atoms with Crippen LogP contribution in [0.1, 0.15) is 20.3 Å². The Morgan fingerprint density at radius 3 is 2.24 bits per heavy atom. The maximum atomic E-state index is 5.99. The van der Waals surface area contributed by atoms with Gasteiger partial charge in [0.1, 0.15) is 0 Å². The summed E-state index contributed by atoms with van der Waals surface area (Å²) in [5, 5.41) is 3.44. The lowest BCUT2D eigenvalue weighted by Gasteiger charge is -2.14. The number of nitrogen functional groups attached to an aromatic ring is 1. The molecule has 17 heavy (non-hydrogen) atoms. The second-order valence-corrected chi connectivity index (χ2v) is 5.18. The lowest BCUT2D eigenvalue weighted by atomic mass is 10.2. The fraction of sp³-hybridized carbons (Fsp3) is 0.538. The Labute approximate surface area is 102 Å². The van der Waals surface area contributed by atoms with Crippen molar-refractivity contribution in [1.82, 2.24) is 0 Å². The predicted molar refractivity (Wildman–Crippen MR) is 69.8 cm³/mol. The van der Waals surface area contributed by atoms with Crippen molar-refractivity contribution in [3.63, 3.8) is 0 Å². The first-order chi connectivity index (χ1) is 7.97. The highest BCUT2D eigenvalue weighted by molar-refractivity contribution is 5.72. The van der Waals surface area contributed by atoms with E-state index < -0.39 is 0 Å². The predicted octanol–water partition coefficient (Wildman–Crippen LogP) is 2.50. The summed E-state index contributed by atoms with van der Waals surface area (Å²) in [4.78, 5) is 0. The van der Waals surface area contributed by atoms with E-state index in [1.807, 2.05) is 6.07 Å². The highest BCUT2D eigenvalue weighted by atomic mass is 16.5. The van der Waals surface area contributed by atoms with Gasteiger partial charge in [-0.25, -0.2) is 0 Å². The third-order valence-electron chi connectivity index (χ3n) is 3.40. The quantitative estimate of drug-likeness (QED) is 0.789. The van der Waals surface area contributed by atoms with E-state index in [0.717, 1.165) is 5.69 Å². The summed E-state index contributed by atoms with van der Waals surface area (Å²) in [6.07, 6.45) is 1.17. The molecule has 1 unspecified atom stereocenters. The minimum Gasteiger partial charge on any atom is -0.493 e. The molecule has 1 aliphatic rings. The molecule has 1 aromatic rings. The number of nitrogens with one attached hydrogen (secondary N) is 1. The zero-order chi connectivity index (χ0) is 12.6. The first-order valence-corrected chi connectivity index (χ1v) is 5.76. The van der Waals surface area contributed by atoms with E-state index in [4.69, 9.17) is 15.2 Å². The molecule has 0 amide bonds. The lowest BCUT2D eigenvalue weighted by molar-refractivity contribution is 0.355. The van der Waals surface area contributed by atoms with Crippen LogP contribution in [0.2, 0.25) is 0 Å². The van der Waals surface area contributed by atoms with Crippen molar-refractivity contribution in [2.24, 2.45) is 5.41 Å². The highest BCUT2D eigenvalue weighted by Crippen LogP contribution is 2.48. The third kappa shape index (κ3) is 2.25. The van der Waals surface area contributed by atoms with Gasteiger partial charge in [-0.15, -0.1) is 0 Å². The van der Waals surface area contributed by atoms with E-state index in [1.165, 1.54) is 6.42 Å². The SMILES string of the molecule is COc1cc(N)c(NC2CC2(C)C)cc1OC. The summed E-state index contributed by atoms with van der Waals surface area (Å²) in [7, 11) is 3.23. The van der Waals surface area contributed by atoms with Crippen molar-refractivity contribution in [3.8, 4) is 11.5 Å². The molecule has 4 heteroatoms. The number of nitrogens with two attached hydrogens (primary N) is 1. The molecule has 0 aromatic heterocycles. The Morgan fingerprint density at radius 2 is 1.76 bits per heavy atom. The summed E-state index contributed by atoms with van der Waals surface area (Å²) < 4.78 is 10.5. The third-order valence-corrected chi connectivity index (χ3v) is 3.40. The Hall–Kier alpha value is -1.58. The Bertz CT molecular complexity index is 430. The van der Waals surface area contributed by atoms with Crippen LogP contribution in [0, 0.1) is 5.41 Å². The molecule has 0 saturated heterocycles. The summed E-state index contributed by atoms with van der Waals surface area (Å²) in [6.45, 7) is 4.48. The minimum absolute atomic E-state index is 0.361. The van der Waals surface area contributed by atoms with Crippen LogP contribution in [0.15, 0.2) is 12.1 Å². The van der Waals surface area contributed by atoms with Crippen LogP contribution in [0.3, 0.4) is 0 Å². The monoisotopic (exact) mass is 236 g/mol. The number of benzene rings is 1. The van der Waals surface area contributed by atoms with Crippen LogP contribution < -0.4 is 20.5 Å². The molecule has 0 aliphatic heterocycles. The van der Waals surface area contributed by atoms with Gasteiger partial charge in [-0.05, 0) is 11.8 Å². The molecule has 0 spiro atoms. The van der Waals surface area contributed by atoms with Crippen molar-refractivity contribution < 1.29 is 9.47 Å². The lowest BCUT2D eigenvalue weighted by Crippen LogP contribution is -2.10. The van der Waals surface area contributed by atoms with Gasteiger partial charge < -0.3 is 20.5 Å². The molecule has 1 saturated carbocycles. The van der Waals surface area contributed by atoms with Crippen molar-refractivity contribution in [2.75, 3.05) is 25.3 Å². The maximum absolute atomic E-state index is 5.99. The average Bonchev–Trinajstić information content (AvgIpc) is 2.88. The van der Waals surface area contributed by atoms with E-state index in [-0.39, 0.29) is 0 Å². The second kappa shape index (κ2) is 4.02. The highest BCUT2D eigenvalue weighted by Gasteiger charge is 2.45. The average molecular weight is 236 g/mol. The van der Waals surface area contributed by atoms with Gasteiger partial charge in [0.05, 0.1) is 25.6 Å². The standard InChI is InChI=1S/C13H20N2O2/c1-13(2)7-12(13)15-9-6-11(17-4)10(16-3)5-8(9)14/h5-6,12,15H,7,14H2,1-4H3. The first-order valence-electron chi connectivity index (χ1n) is 5.76. The fourth-order valence-corrected chi connectivity index (χ4v) is 1.92. The molecule has 4 nitrogen and oxygen atoms in total. The first kappa shape index (κ1) is 11.9. The molecule has 3 N–H and O–H groups in total. The van der Waals surface area contributed by atoms with Crippen LogP contribution in [0.4, 0.5) is 11.4 Å². The summed E-state index contributed by atoms with van der Waals surface area (Å²) >= 11 is 0. The fourth-order valence-electron chi connectivity index (χ4n) is 1.92. The Balaban J connectivity index is 2.22. The van der Waals surface area contributed by atoms with E-state index in [9.17, 15) is 0 Å². The van der Waals surface area contributed by atoms with Gasteiger partial charge in [0.2, 0.25) is 0 Å². The van der Waals surface area contributed by atoms with E-state index in [0.29, 0.717) is 28.6 Å². The van der Waals surface area contributed by atoms with E-state index in [1.54, 1.807) is 20.3 Å². The van der Waals surface area contributed by atoms with Gasteiger partial charge >= 0.3 is 0 Å². The summed E-state index contributed by atoms with van der Waals surface area (Å²) in [6, 6.07) is 4.17. The van der Waals surface area contributed by atoms with Gasteiger partial charge in [-0.2, -0.15) is 0 Å². The van der Waals surface area contributed by atoms with Crippen LogP contribution in [0.5, 0.6) is 11.5 Å². The van der Waals surface area contributed by atoms with Crippen LogP contribution in [-0.2, 0) is 0 Å². The van der Waals surface area contributed by atoms with Crippen LogP contribution in [0.25, 0.3) is 0 Å². The van der Waals surface area contributed by atoms with Crippen LogP contribution in [-0.4, -0.2) is 20.3 Å². The molecule has 94 valence electrons. The zero-order valence-corrected chi connectivity index (χ0v) is 10.8. The molecule has 0 heterocycles. The zero-order valence-electron chi connectivity index (χ0n) is 10.8. The smallest absolute Gasteiger partial charge is 0.162 e. The molecule has 0 radical (unpaired) electrons. The van der Waals surface area contributed by atoms with E-state index >= 15 is 0 Å². The van der Waals surface area contributed by atoms with Gasteiger partial charge in [-0.1, -0.05) is 13.8 Å². The van der Waals surface area contributed by atoms with Gasteiger partial charge in [-0.3, -0.25) is 0 Å². The molecular weight excluding hydrogens is 216 g/mol. The molecule has 1 atom stereocenters. The van der Waals surface area contributed by atoms with Crippen LogP contribution >= 0.6 is 0 Å².